The first-order valence-electron chi connectivity index (χ1n) is 5.24. The van der Waals surface area contributed by atoms with E-state index < -0.39 is 16.4 Å². The van der Waals surface area contributed by atoms with Gasteiger partial charge >= 0.3 is 5.69 Å². The molecule has 0 aliphatic heterocycles. The van der Waals surface area contributed by atoms with Crippen molar-refractivity contribution < 1.29 is 14.1 Å². The molecule has 1 N–H and O–H groups in total. The molecule has 0 atom stereocenters. The maximum atomic E-state index is 13.5. The smallest absolute Gasteiger partial charge is 0.306 e. The summed E-state index contributed by atoms with van der Waals surface area (Å²) in [6, 6.07) is 2.24. The van der Waals surface area contributed by atoms with Crippen molar-refractivity contribution in [1.82, 2.24) is 0 Å². The van der Waals surface area contributed by atoms with Gasteiger partial charge in [-0.15, -0.1) is 0 Å². The lowest BCUT2D eigenvalue weighted by Gasteiger charge is -2.09. The van der Waals surface area contributed by atoms with Crippen LogP contribution in [0.1, 0.15) is 31.2 Å². The molecule has 1 saturated carbocycles. The summed E-state index contributed by atoms with van der Waals surface area (Å²) in [5.41, 5.74) is 0.370. The van der Waals surface area contributed by atoms with Gasteiger partial charge in [-0.05, 0) is 30.4 Å². The van der Waals surface area contributed by atoms with E-state index in [4.69, 9.17) is 0 Å². The normalized spacial score (nSPS) is 14.5. The van der Waals surface area contributed by atoms with Gasteiger partial charge in [0.1, 0.15) is 0 Å². The van der Waals surface area contributed by atoms with Gasteiger partial charge < -0.3 is 5.32 Å². The predicted octanol–water partition coefficient (Wildman–Crippen LogP) is 2.57. The van der Waals surface area contributed by atoms with Crippen LogP contribution in [-0.2, 0) is 4.79 Å². The maximum Gasteiger partial charge on any atom is 0.306 e. The Balaban J connectivity index is 2.47. The number of amides is 1. The highest BCUT2D eigenvalue weighted by Gasteiger charge is 2.29. The fourth-order valence-electron chi connectivity index (χ4n) is 1.75. The number of nitro benzene ring substituents is 1. The zero-order valence-electron chi connectivity index (χ0n) is 9.20. The van der Waals surface area contributed by atoms with Crippen molar-refractivity contribution in [2.24, 2.45) is 0 Å². The second-order valence-electron chi connectivity index (χ2n) is 4.10. The third-order valence-electron chi connectivity index (χ3n) is 2.64. The summed E-state index contributed by atoms with van der Waals surface area (Å²) in [6.45, 7) is 1.31. The van der Waals surface area contributed by atoms with E-state index in [0.717, 1.165) is 25.0 Å². The molecule has 0 spiro atoms. The minimum atomic E-state index is -0.856. The summed E-state index contributed by atoms with van der Waals surface area (Å²) in [5.74, 6) is -0.981. The number of carbonyl (C=O) groups is 1. The first-order chi connectivity index (χ1) is 7.99. The Kier molecular flexibility index (Phi) is 2.79. The van der Waals surface area contributed by atoms with Crippen LogP contribution in [0.25, 0.3) is 0 Å². The van der Waals surface area contributed by atoms with E-state index in [0.29, 0.717) is 11.3 Å². The van der Waals surface area contributed by atoms with Crippen molar-refractivity contribution in [3.63, 3.8) is 0 Å². The Morgan fingerprint density at radius 3 is 2.65 bits per heavy atom. The number of nitro groups is 1. The monoisotopic (exact) mass is 238 g/mol. The highest BCUT2D eigenvalue weighted by atomic mass is 19.1. The van der Waals surface area contributed by atoms with E-state index in [-0.39, 0.29) is 11.8 Å². The van der Waals surface area contributed by atoms with Crippen LogP contribution in [0.4, 0.5) is 15.8 Å². The molecular weight excluding hydrogens is 227 g/mol. The number of benzene rings is 1. The highest BCUT2D eigenvalue weighted by molar-refractivity contribution is 5.90. The average molecular weight is 238 g/mol. The SMILES string of the molecule is CC(=O)Nc1cc([N+](=O)[O-])c(F)cc1C1CC1. The molecule has 0 aromatic heterocycles. The van der Waals surface area contributed by atoms with Crippen LogP contribution in [0.5, 0.6) is 0 Å². The number of halogens is 1. The van der Waals surface area contributed by atoms with E-state index in [1.54, 1.807) is 0 Å². The Morgan fingerprint density at radius 1 is 1.53 bits per heavy atom. The van der Waals surface area contributed by atoms with E-state index in [2.05, 4.69) is 5.32 Å². The largest absolute Gasteiger partial charge is 0.326 e. The number of hydrogen-bond donors (Lipinski definition) is 1. The number of nitrogens with one attached hydrogen (secondary N) is 1. The molecule has 5 nitrogen and oxygen atoms in total. The summed E-state index contributed by atoms with van der Waals surface area (Å²) in [5, 5.41) is 13.1. The Hall–Kier alpha value is -1.98. The number of hydrogen-bond acceptors (Lipinski definition) is 3. The molecule has 1 aliphatic carbocycles. The van der Waals surface area contributed by atoms with Gasteiger partial charge in [-0.2, -0.15) is 4.39 Å². The molecule has 1 aromatic rings. The molecule has 2 rings (SSSR count). The minimum Gasteiger partial charge on any atom is -0.326 e. The average Bonchev–Trinajstić information content (AvgIpc) is 3.02. The fraction of sp³-hybridized carbons (Fsp3) is 0.364. The Labute approximate surface area is 96.8 Å². The fourth-order valence-corrected chi connectivity index (χ4v) is 1.75. The summed E-state index contributed by atoms with van der Waals surface area (Å²) in [7, 11) is 0. The molecule has 17 heavy (non-hydrogen) atoms. The van der Waals surface area contributed by atoms with Gasteiger partial charge in [-0.25, -0.2) is 0 Å². The summed E-state index contributed by atoms with van der Waals surface area (Å²) in [6.07, 6.45) is 1.84. The maximum absolute atomic E-state index is 13.5. The van der Waals surface area contributed by atoms with Gasteiger partial charge in [0.15, 0.2) is 0 Å². The van der Waals surface area contributed by atoms with Crippen molar-refractivity contribution in [2.75, 3.05) is 5.32 Å². The van der Waals surface area contributed by atoms with E-state index >= 15 is 0 Å². The molecule has 1 aliphatic rings. The molecular formula is C11H11FN2O3. The molecule has 1 fully saturated rings. The molecule has 0 radical (unpaired) electrons. The van der Waals surface area contributed by atoms with Crippen LogP contribution in [-0.4, -0.2) is 10.8 Å². The van der Waals surface area contributed by atoms with Gasteiger partial charge in [0, 0.05) is 13.0 Å². The van der Waals surface area contributed by atoms with E-state index in [1.165, 1.54) is 6.92 Å². The zero-order valence-corrected chi connectivity index (χ0v) is 9.20. The van der Waals surface area contributed by atoms with Crippen molar-refractivity contribution in [3.8, 4) is 0 Å². The molecule has 0 heterocycles. The lowest BCUT2D eigenvalue weighted by molar-refractivity contribution is -0.387. The van der Waals surface area contributed by atoms with Gasteiger partial charge in [-0.3, -0.25) is 14.9 Å². The van der Waals surface area contributed by atoms with Crippen LogP contribution in [0.15, 0.2) is 12.1 Å². The van der Waals surface area contributed by atoms with Crippen LogP contribution in [0.2, 0.25) is 0 Å². The summed E-state index contributed by atoms with van der Waals surface area (Å²) < 4.78 is 13.5. The van der Waals surface area contributed by atoms with Crippen molar-refractivity contribution in [3.05, 3.63) is 33.6 Å². The van der Waals surface area contributed by atoms with Gasteiger partial charge in [0.2, 0.25) is 11.7 Å². The Bertz CT molecular complexity index is 498. The molecule has 90 valence electrons. The topological polar surface area (TPSA) is 72.2 Å². The van der Waals surface area contributed by atoms with Crippen molar-refractivity contribution in [1.29, 1.82) is 0 Å². The van der Waals surface area contributed by atoms with Crippen molar-refractivity contribution >= 4 is 17.3 Å². The van der Waals surface area contributed by atoms with Gasteiger partial charge in [0.25, 0.3) is 0 Å². The third-order valence-corrected chi connectivity index (χ3v) is 2.64. The highest BCUT2D eigenvalue weighted by Crippen LogP contribution is 2.45. The first kappa shape index (κ1) is 11.5. The molecule has 1 aromatic carbocycles. The van der Waals surface area contributed by atoms with Crippen molar-refractivity contribution in [2.45, 2.75) is 25.7 Å². The quantitative estimate of drug-likeness (QED) is 0.649. The zero-order chi connectivity index (χ0) is 12.6. The summed E-state index contributed by atoms with van der Waals surface area (Å²) in [4.78, 5) is 20.8. The Morgan fingerprint density at radius 2 is 2.18 bits per heavy atom. The second kappa shape index (κ2) is 4.12. The molecule has 0 bridgehead atoms. The number of rotatable bonds is 3. The number of nitrogens with zero attached hydrogens (tertiary/aromatic N) is 1. The van der Waals surface area contributed by atoms with Crippen LogP contribution < -0.4 is 5.32 Å². The van der Waals surface area contributed by atoms with Gasteiger partial charge in [-0.1, -0.05) is 0 Å². The molecule has 0 unspecified atom stereocenters. The third kappa shape index (κ3) is 2.41. The van der Waals surface area contributed by atoms with Crippen LogP contribution in [0.3, 0.4) is 0 Å². The first-order valence-corrected chi connectivity index (χ1v) is 5.24. The lowest BCUT2D eigenvalue weighted by atomic mass is 10.1. The van der Waals surface area contributed by atoms with E-state index in [9.17, 15) is 19.3 Å². The molecule has 0 saturated heterocycles. The van der Waals surface area contributed by atoms with E-state index in [1.807, 2.05) is 0 Å². The standard InChI is InChI=1S/C11H11FN2O3/c1-6(15)13-10-5-11(14(16)17)9(12)4-8(10)7-2-3-7/h4-5,7H,2-3H2,1H3,(H,13,15). The number of anilines is 1. The second-order valence-corrected chi connectivity index (χ2v) is 4.10. The van der Waals surface area contributed by atoms with Crippen LogP contribution in [0, 0.1) is 15.9 Å². The molecule has 6 heteroatoms. The lowest BCUT2D eigenvalue weighted by Crippen LogP contribution is -2.09. The minimum absolute atomic E-state index is 0.201. The van der Waals surface area contributed by atoms with Crippen LogP contribution >= 0.6 is 0 Å². The summed E-state index contributed by atoms with van der Waals surface area (Å²) >= 11 is 0. The number of carbonyl (C=O) groups excluding carboxylic acids is 1. The molecule has 1 amide bonds. The van der Waals surface area contributed by atoms with Gasteiger partial charge in [0.05, 0.1) is 10.6 Å². The predicted molar refractivity (Wildman–Crippen MR) is 59.3 cm³/mol.